The molecule has 4 heteroatoms. The van der Waals surface area contributed by atoms with Gasteiger partial charge in [-0.2, -0.15) is 0 Å². The van der Waals surface area contributed by atoms with Crippen molar-refractivity contribution in [3.63, 3.8) is 0 Å². The number of aromatic nitrogens is 2. The highest BCUT2D eigenvalue weighted by Crippen LogP contribution is 2.19. The van der Waals surface area contributed by atoms with Crippen molar-refractivity contribution in [2.45, 2.75) is 11.8 Å². The molecule has 2 heterocycles. The molecule has 2 aromatic rings. The molecule has 0 bridgehead atoms. The predicted octanol–water partition coefficient (Wildman–Crippen LogP) is 2.20. The van der Waals surface area contributed by atoms with Crippen molar-refractivity contribution >= 4 is 33.2 Å². The average molecular weight is 253 g/mol. The summed E-state index contributed by atoms with van der Waals surface area (Å²) in [6.07, 6.45) is 4.97. The Kier molecular flexibility index (Phi) is 2.63. The summed E-state index contributed by atoms with van der Waals surface area (Å²) in [7, 11) is 0. The van der Waals surface area contributed by atoms with E-state index < -0.39 is 0 Å². The number of fused-ring (bicyclic) bond motifs is 1. The standard InChI is InChI=1S/C10H9BrN2O/c11-4-8-6-13-10-9(8)3-7(1-2-14)5-12-10/h2-3,5-6H,1,4H2,(H,12,13). The minimum Gasteiger partial charge on any atom is -0.346 e. The summed E-state index contributed by atoms with van der Waals surface area (Å²) in [4.78, 5) is 17.7. The zero-order valence-corrected chi connectivity index (χ0v) is 9.04. The number of H-pyrrole nitrogens is 1. The number of aldehydes is 1. The van der Waals surface area contributed by atoms with Crippen LogP contribution < -0.4 is 0 Å². The van der Waals surface area contributed by atoms with Gasteiger partial charge < -0.3 is 9.78 Å². The predicted molar refractivity (Wildman–Crippen MR) is 58.5 cm³/mol. The molecule has 0 aliphatic heterocycles. The lowest BCUT2D eigenvalue weighted by Crippen LogP contribution is -1.88. The summed E-state index contributed by atoms with van der Waals surface area (Å²) >= 11 is 3.40. The molecule has 1 N–H and O–H groups in total. The smallest absolute Gasteiger partial charge is 0.137 e. The minimum absolute atomic E-state index is 0.426. The minimum atomic E-state index is 0.426. The first-order chi connectivity index (χ1) is 6.85. The number of carbonyl (C=O) groups excluding carboxylic acids is 1. The van der Waals surface area contributed by atoms with E-state index in [9.17, 15) is 4.79 Å². The molecular weight excluding hydrogens is 244 g/mol. The van der Waals surface area contributed by atoms with Crippen LogP contribution in [0.15, 0.2) is 18.5 Å². The topological polar surface area (TPSA) is 45.8 Å². The lowest BCUT2D eigenvalue weighted by Gasteiger charge is -1.96. The molecule has 0 aliphatic carbocycles. The van der Waals surface area contributed by atoms with Gasteiger partial charge in [0.2, 0.25) is 0 Å². The Morgan fingerprint density at radius 1 is 1.57 bits per heavy atom. The Hall–Kier alpha value is -1.16. The molecule has 72 valence electrons. The summed E-state index contributed by atoms with van der Waals surface area (Å²) in [6, 6.07) is 2.00. The van der Waals surface area contributed by atoms with Crippen LogP contribution in [0.25, 0.3) is 11.0 Å². The van der Waals surface area contributed by atoms with E-state index in [-0.39, 0.29) is 0 Å². The summed E-state index contributed by atoms with van der Waals surface area (Å²) in [5, 5.41) is 1.88. The second kappa shape index (κ2) is 3.92. The summed E-state index contributed by atoms with van der Waals surface area (Å²) < 4.78 is 0. The van der Waals surface area contributed by atoms with E-state index in [1.54, 1.807) is 6.20 Å². The Bertz CT molecular complexity index is 464. The first kappa shape index (κ1) is 9.40. The molecule has 0 aliphatic rings. The highest BCUT2D eigenvalue weighted by Gasteiger charge is 2.04. The third kappa shape index (κ3) is 1.57. The van der Waals surface area contributed by atoms with E-state index in [2.05, 4.69) is 25.9 Å². The highest BCUT2D eigenvalue weighted by molar-refractivity contribution is 9.08. The molecule has 0 amide bonds. The number of aromatic amines is 1. The average Bonchev–Trinajstić information content (AvgIpc) is 2.60. The molecule has 3 nitrogen and oxygen atoms in total. The second-order valence-corrected chi connectivity index (χ2v) is 3.62. The van der Waals surface area contributed by atoms with Crippen molar-refractivity contribution in [3.8, 4) is 0 Å². The van der Waals surface area contributed by atoms with Crippen LogP contribution in [0, 0.1) is 0 Å². The largest absolute Gasteiger partial charge is 0.346 e. The maximum atomic E-state index is 10.4. The normalized spacial score (nSPS) is 10.6. The zero-order chi connectivity index (χ0) is 9.97. The number of hydrogen-bond donors (Lipinski definition) is 1. The molecule has 0 saturated heterocycles. The Balaban J connectivity index is 2.55. The second-order valence-electron chi connectivity index (χ2n) is 3.06. The van der Waals surface area contributed by atoms with Crippen molar-refractivity contribution in [1.82, 2.24) is 9.97 Å². The van der Waals surface area contributed by atoms with Crippen LogP contribution in [-0.4, -0.2) is 16.3 Å². The molecule has 14 heavy (non-hydrogen) atoms. The number of rotatable bonds is 3. The number of pyridine rings is 1. The van der Waals surface area contributed by atoms with Crippen molar-refractivity contribution < 1.29 is 4.79 Å². The van der Waals surface area contributed by atoms with Gasteiger partial charge in [-0.1, -0.05) is 15.9 Å². The maximum absolute atomic E-state index is 10.4. The third-order valence-electron chi connectivity index (χ3n) is 2.14. The number of nitrogens with zero attached hydrogens (tertiary/aromatic N) is 1. The number of carbonyl (C=O) groups is 1. The van der Waals surface area contributed by atoms with Crippen LogP contribution in [-0.2, 0) is 16.5 Å². The fourth-order valence-corrected chi connectivity index (χ4v) is 1.88. The van der Waals surface area contributed by atoms with Crippen LogP contribution in [0.5, 0.6) is 0 Å². The van der Waals surface area contributed by atoms with Crippen LogP contribution in [0.1, 0.15) is 11.1 Å². The number of halogens is 1. The zero-order valence-electron chi connectivity index (χ0n) is 7.46. The van der Waals surface area contributed by atoms with Gasteiger partial charge in [0.15, 0.2) is 0 Å². The Labute approximate surface area is 89.7 Å². The molecule has 0 unspecified atom stereocenters. The monoisotopic (exact) mass is 252 g/mol. The molecule has 0 saturated carbocycles. The number of alkyl halides is 1. The van der Waals surface area contributed by atoms with E-state index in [4.69, 9.17) is 0 Å². The summed E-state index contributed by atoms with van der Waals surface area (Å²) in [5.74, 6) is 0. The van der Waals surface area contributed by atoms with E-state index in [1.165, 1.54) is 5.56 Å². The van der Waals surface area contributed by atoms with Crippen LogP contribution >= 0.6 is 15.9 Å². The van der Waals surface area contributed by atoms with E-state index in [1.807, 2.05) is 12.3 Å². The molecule has 0 spiro atoms. The van der Waals surface area contributed by atoms with Crippen LogP contribution in [0.4, 0.5) is 0 Å². The van der Waals surface area contributed by atoms with Gasteiger partial charge in [-0.15, -0.1) is 0 Å². The summed E-state index contributed by atoms with van der Waals surface area (Å²) in [6.45, 7) is 0. The Morgan fingerprint density at radius 3 is 3.14 bits per heavy atom. The lowest BCUT2D eigenvalue weighted by atomic mass is 10.1. The lowest BCUT2D eigenvalue weighted by molar-refractivity contribution is -0.107. The van der Waals surface area contributed by atoms with Gasteiger partial charge in [-0.25, -0.2) is 4.98 Å². The first-order valence-electron chi connectivity index (χ1n) is 4.29. The molecule has 2 aromatic heterocycles. The number of hydrogen-bond acceptors (Lipinski definition) is 2. The summed E-state index contributed by atoms with van der Waals surface area (Å²) in [5.41, 5.74) is 2.99. The van der Waals surface area contributed by atoms with E-state index in [0.717, 1.165) is 28.2 Å². The molecule has 0 aromatic carbocycles. The number of nitrogens with one attached hydrogen (secondary N) is 1. The maximum Gasteiger partial charge on any atom is 0.137 e. The van der Waals surface area contributed by atoms with Crippen molar-refractivity contribution in [1.29, 1.82) is 0 Å². The SMILES string of the molecule is O=CCc1cnc2[nH]cc(CBr)c2c1. The van der Waals surface area contributed by atoms with Gasteiger partial charge >= 0.3 is 0 Å². The van der Waals surface area contributed by atoms with Crippen molar-refractivity contribution in [2.75, 3.05) is 0 Å². The quantitative estimate of drug-likeness (QED) is 0.673. The molecule has 0 radical (unpaired) electrons. The molecular formula is C10H9BrN2O. The van der Waals surface area contributed by atoms with Gasteiger partial charge in [0.1, 0.15) is 11.9 Å². The fraction of sp³-hybridized carbons (Fsp3) is 0.200. The fourth-order valence-electron chi connectivity index (χ4n) is 1.42. The van der Waals surface area contributed by atoms with Crippen LogP contribution in [0.3, 0.4) is 0 Å². The third-order valence-corrected chi connectivity index (χ3v) is 2.74. The van der Waals surface area contributed by atoms with Gasteiger partial charge in [-0.3, -0.25) is 0 Å². The first-order valence-corrected chi connectivity index (χ1v) is 5.41. The molecule has 2 rings (SSSR count). The molecule has 0 fully saturated rings. The van der Waals surface area contributed by atoms with Gasteiger partial charge in [0, 0.05) is 29.5 Å². The van der Waals surface area contributed by atoms with Crippen LogP contribution in [0.2, 0.25) is 0 Å². The highest BCUT2D eigenvalue weighted by atomic mass is 79.9. The van der Waals surface area contributed by atoms with Crippen molar-refractivity contribution in [3.05, 3.63) is 29.6 Å². The Morgan fingerprint density at radius 2 is 2.43 bits per heavy atom. The molecule has 0 atom stereocenters. The van der Waals surface area contributed by atoms with Gasteiger partial charge in [-0.05, 0) is 17.2 Å². The van der Waals surface area contributed by atoms with E-state index >= 15 is 0 Å². The van der Waals surface area contributed by atoms with Gasteiger partial charge in [0.25, 0.3) is 0 Å². The van der Waals surface area contributed by atoms with E-state index in [0.29, 0.717) is 6.42 Å². The van der Waals surface area contributed by atoms with Crippen molar-refractivity contribution in [2.24, 2.45) is 0 Å². The van der Waals surface area contributed by atoms with Gasteiger partial charge in [0.05, 0.1) is 0 Å².